The fraction of sp³-hybridized carbons (Fsp3) is 0. The van der Waals surface area contributed by atoms with Crippen LogP contribution in [-0.4, -0.2) is 27.8 Å². The molecule has 0 bridgehead atoms. The van der Waals surface area contributed by atoms with Crippen molar-refractivity contribution >= 4 is 24.9 Å². The summed E-state index contributed by atoms with van der Waals surface area (Å²) in [6.45, 7) is 0. The molecule has 0 fully saturated rings. The van der Waals surface area contributed by atoms with Gasteiger partial charge in [0, 0.05) is 0 Å². The fourth-order valence-electron chi connectivity index (χ4n) is 0.654. The topological polar surface area (TPSA) is 54.4 Å². The van der Waals surface area contributed by atoms with Gasteiger partial charge in [-0.1, -0.05) is 12.1 Å². The minimum atomic E-state index is -8.99. The van der Waals surface area contributed by atoms with Gasteiger partial charge in [-0.15, -0.1) is 0 Å². The summed E-state index contributed by atoms with van der Waals surface area (Å²) in [6, 6.07) is 4.62. The zero-order valence-electron chi connectivity index (χ0n) is 9.70. The normalized spacial score (nSPS) is 13.4. The van der Waals surface area contributed by atoms with Crippen LogP contribution in [0.3, 0.4) is 0 Å². The van der Waals surface area contributed by atoms with Crippen LogP contribution in [0.1, 0.15) is 1.43 Å². The summed E-state index contributed by atoms with van der Waals surface area (Å²) in [4.78, 5) is -0.694. The first-order valence-corrected chi connectivity index (χ1v) is 8.57. The van der Waals surface area contributed by atoms with E-state index in [0.717, 1.165) is 12.1 Å². The van der Waals surface area contributed by atoms with Gasteiger partial charge in [-0.2, -0.15) is 8.42 Å². The molecular formula is C6H6AsF6LiO3S. The molecule has 1 rings (SSSR count). The molecular weight excluding hydrogens is 348 g/mol. The molecule has 0 heterocycles. The molecule has 12 heteroatoms. The van der Waals surface area contributed by atoms with Crippen LogP contribution < -0.4 is 18.9 Å². The second kappa shape index (κ2) is 6.35. The van der Waals surface area contributed by atoms with Crippen molar-refractivity contribution in [3.8, 4) is 0 Å². The molecule has 0 unspecified atom stereocenters. The first kappa shape index (κ1) is 20.2. The van der Waals surface area contributed by atoms with Crippen LogP contribution in [0.2, 0.25) is 0 Å². The summed E-state index contributed by atoms with van der Waals surface area (Å²) >= 11 is -8.99. The van der Waals surface area contributed by atoms with Crippen molar-refractivity contribution in [1.82, 2.24) is 0 Å². The van der Waals surface area contributed by atoms with E-state index in [1.54, 1.807) is 0 Å². The smallest absolute Gasteiger partial charge is 1.00 e. The quantitative estimate of drug-likeness (QED) is 0.436. The molecule has 102 valence electrons. The zero-order chi connectivity index (χ0) is 13.9. The van der Waals surface area contributed by atoms with E-state index < -0.39 is 35.6 Å². The van der Waals surface area contributed by atoms with E-state index in [0.29, 0.717) is 0 Å². The predicted molar refractivity (Wildman–Crippen MR) is 48.6 cm³/mol. The van der Waals surface area contributed by atoms with Gasteiger partial charge < -0.3 is 1.43 Å². The monoisotopic (exact) mass is 354 g/mol. The van der Waals surface area contributed by atoms with E-state index in [2.05, 4.69) is 0 Å². The standard InChI is InChI=1S/C6H5FO3S.AsF5.Li.H/c7-5-3-1-2-4-6(5)11(8,9)10;2-1(3,4,5)6;;/h1-4H,(H,8,9,10);;;/q;;+1;-1. The minimum Gasteiger partial charge on any atom is -1.00 e. The molecule has 0 radical (unpaired) electrons. The molecule has 3 nitrogen and oxygen atoms in total. The largest absolute Gasteiger partial charge is 1.00 e. The molecule has 18 heavy (non-hydrogen) atoms. The maximum atomic E-state index is 12.5. The Hall–Kier alpha value is -0.134. The Morgan fingerprint density at radius 3 is 1.61 bits per heavy atom. The summed E-state index contributed by atoms with van der Waals surface area (Å²) in [7, 11) is -4.41. The molecule has 1 N–H and O–H groups in total. The summed E-state index contributed by atoms with van der Waals surface area (Å²) in [5, 5.41) is 0. The van der Waals surface area contributed by atoms with Gasteiger partial charge in [-0.05, 0) is 12.1 Å². The van der Waals surface area contributed by atoms with Crippen LogP contribution >= 0.6 is 0 Å². The molecule has 0 saturated carbocycles. The van der Waals surface area contributed by atoms with Gasteiger partial charge in [0.15, 0.2) is 0 Å². The van der Waals surface area contributed by atoms with E-state index in [1.165, 1.54) is 12.1 Å². The zero-order valence-corrected chi connectivity index (χ0v) is 11.4. The van der Waals surface area contributed by atoms with Crippen molar-refractivity contribution in [3.05, 3.63) is 30.1 Å². The van der Waals surface area contributed by atoms with E-state index in [-0.39, 0.29) is 20.3 Å². The minimum absolute atomic E-state index is 0. The van der Waals surface area contributed by atoms with Gasteiger partial charge >= 0.3 is 51.0 Å². The van der Waals surface area contributed by atoms with Gasteiger partial charge in [0.1, 0.15) is 10.7 Å². The number of rotatable bonds is 1. The van der Waals surface area contributed by atoms with E-state index in [1.807, 2.05) is 0 Å². The van der Waals surface area contributed by atoms with Crippen LogP contribution in [0.15, 0.2) is 29.2 Å². The van der Waals surface area contributed by atoms with Crippen LogP contribution in [-0.2, 0) is 10.1 Å². The van der Waals surface area contributed by atoms with Crippen LogP contribution in [0.5, 0.6) is 0 Å². The Morgan fingerprint density at radius 2 is 1.39 bits per heavy atom. The number of hydrogen-bond acceptors (Lipinski definition) is 2. The summed E-state index contributed by atoms with van der Waals surface area (Å²) in [6.07, 6.45) is 0. The average molecular weight is 354 g/mol. The Labute approximate surface area is 115 Å². The van der Waals surface area contributed by atoms with Crippen molar-refractivity contribution in [2.75, 3.05) is 0 Å². The van der Waals surface area contributed by atoms with Crippen LogP contribution in [0.4, 0.5) is 21.7 Å². The maximum Gasteiger partial charge on any atom is 1.00 e. The Kier molecular flexibility index (Phi) is 7.12. The second-order valence-electron chi connectivity index (χ2n) is 2.54. The average Bonchev–Trinajstić information content (AvgIpc) is 1.97. The molecule has 1 aromatic carbocycles. The SMILES string of the molecule is F[As](F)(F)(F)F.O=S(=O)(O)c1ccccc1F.[H-].[Li+]. The summed E-state index contributed by atoms with van der Waals surface area (Å²) < 4.78 is 91.1. The van der Waals surface area contributed by atoms with E-state index in [4.69, 9.17) is 4.55 Å². The number of halogens is 6. The molecule has 0 atom stereocenters. The van der Waals surface area contributed by atoms with Gasteiger partial charge in [0.2, 0.25) is 0 Å². The van der Waals surface area contributed by atoms with Gasteiger partial charge in [-0.3, -0.25) is 4.55 Å². The molecule has 0 aliphatic heterocycles. The van der Waals surface area contributed by atoms with Crippen molar-refractivity contribution in [3.63, 3.8) is 0 Å². The molecule has 0 aromatic heterocycles. The van der Waals surface area contributed by atoms with Gasteiger partial charge in [0.25, 0.3) is 10.1 Å². The molecule has 0 spiro atoms. The molecule has 0 amide bonds. The van der Waals surface area contributed by atoms with E-state index in [9.17, 15) is 30.1 Å². The van der Waals surface area contributed by atoms with Crippen molar-refractivity contribution in [2.24, 2.45) is 0 Å². The van der Waals surface area contributed by atoms with Gasteiger partial charge in [-0.25, -0.2) is 4.39 Å². The summed E-state index contributed by atoms with van der Waals surface area (Å²) in [5.41, 5.74) is 0. The first-order chi connectivity index (χ1) is 7.25. The third-order valence-electron chi connectivity index (χ3n) is 1.11. The van der Waals surface area contributed by atoms with Crippen LogP contribution in [0.25, 0.3) is 0 Å². The Morgan fingerprint density at radius 1 is 1.06 bits per heavy atom. The third-order valence-corrected chi connectivity index (χ3v) is 2.00. The predicted octanol–water partition coefficient (Wildman–Crippen LogP) is -0.0909. The molecule has 0 aliphatic rings. The van der Waals surface area contributed by atoms with E-state index >= 15 is 0 Å². The van der Waals surface area contributed by atoms with Crippen molar-refractivity contribution < 1.29 is 55.0 Å². The Balaban J connectivity index is -0.000000282. The fourth-order valence-corrected chi connectivity index (χ4v) is 1.22. The van der Waals surface area contributed by atoms with Gasteiger partial charge in [0.05, 0.1) is 0 Å². The molecule has 0 aliphatic carbocycles. The van der Waals surface area contributed by atoms with Crippen molar-refractivity contribution in [1.29, 1.82) is 0 Å². The van der Waals surface area contributed by atoms with Crippen LogP contribution in [0, 0.1) is 5.82 Å². The first-order valence-electron chi connectivity index (χ1n) is 3.58. The maximum absolute atomic E-state index is 12.5. The number of benzene rings is 1. The molecule has 1 aromatic rings. The second-order valence-corrected chi connectivity index (χ2v) is 6.62. The molecule has 0 saturated heterocycles. The third kappa shape index (κ3) is 12.3. The Bertz CT molecular complexity index is 488. The summed E-state index contributed by atoms with van der Waals surface area (Å²) in [5.74, 6) is -0.949. The van der Waals surface area contributed by atoms with Crippen molar-refractivity contribution in [2.45, 2.75) is 4.90 Å². The number of hydrogen-bond donors (Lipinski definition) is 1.